The predicted octanol–water partition coefficient (Wildman–Crippen LogP) is 9.48. The van der Waals surface area contributed by atoms with Crippen molar-refractivity contribution in [2.75, 3.05) is 7.11 Å². The zero-order valence-corrected chi connectivity index (χ0v) is 25.6. The van der Waals surface area contributed by atoms with E-state index >= 15 is 0 Å². The smallest absolute Gasteiger partial charge is 0.358 e. The van der Waals surface area contributed by atoms with Gasteiger partial charge in [-0.05, 0) is 64.7 Å². The molecule has 0 aliphatic carbocycles. The first kappa shape index (κ1) is 28.8. The van der Waals surface area contributed by atoms with Crippen molar-refractivity contribution >= 4 is 36.8 Å². The van der Waals surface area contributed by atoms with Crippen LogP contribution in [0.4, 0.5) is 0 Å². The van der Waals surface area contributed by atoms with E-state index in [0.717, 1.165) is 22.2 Å². The van der Waals surface area contributed by atoms with Crippen LogP contribution >= 0.6 is 11.6 Å². The normalized spacial score (nSPS) is 12.0. The Morgan fingerprint density at radius 3 is 2.03 bits per heavy atom. The summed E-state index contributed by atoms with van der Waals surface area (Å²) < 4.78 is 20.6. The lowest BCUT2D eigenvalue weighted by atomic mass is 10.2. The molecular weight excluding hydrogens is 526 g/mol. The summed E-state index contributed by atoms with van der Waals surface area (Å²) in [4.78, 5) is 13.3. The van der Waals surface area contributed by atoms with Crippen molar-refractivity contribution in [1.29, 1.82) is 0 Å². The molecule has 4 rings (SSSR count). The molecular formula is C32H38ClNO4Si. The van der Waals surface area contributed by atoms with Crippen LogP contribution in [0.2, 0.25) is 21.6 Å². The van der Waals surface area contributed by atoms with Gasteiger partial charge in [0.15, 0.2) is 11.4 Å². The van der Waals surface area contributed by atoms with E-state index in [2.05, 4.69) is 41.5 Å². The van der Waals surface area contributed by atoms with Gasteiger partial charge in [0.05, 0.1) is 12.6 Å². The molecule has 0 spiro atoms. The van der Waals surface area contributed by atoms with Gasteiger partial charge in [-0.25, -0.2) is 4.79 Å². The van der Waals surface area contributed by atoms with Crippen molar-refractivity contribution in [2.45, 2.75) is 64.7 Å². The summed E-state index contributed by atoms with van der Waals surface area (Å²) >= 11 is 6.13. The molecule has 0 fully saturated rings. The summed E-state index contributed by atoms with van der Waals surface area (Å²) in [6.45, 7) is 14.1. The van der Waals surface area contributed by atoms with Crippen LogP contribution in [-0.4, -0.2) is 26.0 Å². The van der Waals surface area contributed by atoms with Crippen molar-refractivity contribution in [3.63, 3.8) is 0 Å². The summed E-state index contributed by atoms with van der Waals surface area (Å²) in [5.41, 5.74) is 3.48. The van der Waals surface area contributed by atoms with Crippen molar-refractivity contribution in [3.8, 4) is 17.2 Å². The Labute approximate surface area is 237 Å². The number of fused-ring (bicyclic) bond motifs is 1. The van der Waals surface area contributed by atoms with E-state index in [0.29, 0.717) is 45.4 Å². The van der Waals surface area contributed by atoms with Crippen molar-refractivity contribution in [3.05, 3.63) is 89.1 Å². The maximum Gasteiger partial charge on any atom is 0.358 e. The lowest BCUT2D eigenvalue weighted by Gasteiger charge is -2.42. The minimum absolute atomic E-state index is 0.350. The molecule has 5 nitrogen and oxygen atoms in total. The van der Waals surface area contributed by atoms with E-state index in [4.69, 9.17) is 25.5 Å². The molecule has 0 aliphatic rings. The van der Waals surface area contributed by atoms with Gasteiger partial charge in [0.25, 0.3) is 8.32 Å². The molecule has 0 radical (unpaired) electrons. The number of halogens is 1. The third-order valence-corrected chi connectivity index (χ3v) is 13.8. The Morgan fingerprint density at radius 1 is 0.846 bits per heavy atom. The second kappa shape index (κ2) is 11.9. The van der Waals surface area contributed by atoms with Crippen molar-refractivity contribution in [1.82, 2.24) is 4.57 Å². The molecule has 0 N–H and O–H groups in total. The number of carbonyl (C=O) groups excluding carboxylic acids is 1. The minimum atomic E-state index is -2.20. The van der Waals surface area contributed by atoms with Crippen LogP contribution in [0.25, 0.3) is 10.9 Å². The minimum Gasteiger partial charge on any atom is -0.543 e. The largest absolute Gasteiger partial charge is 0.543 e. The Kier molecular flexibility index (Phi) is 8.77. The SMILES string of the molecule is COC(=O)c1c(Oc2ccccc2)c2cc(O[Si](C(C)C)(C(C)C)C(C)C)ccc2n1Cc1ccc(Cl)cc1. The van der Waals surface area contributed by atoms with Crippen LogP contribution in [0.1, 0.15) is 57.6 Å². The highest BCUT2D eigenvalue weighted by Gasteiger charge is 2.47. The summed E-state index contributed by atoms with van der Waals surface area (Å²) in [5.74, 6) is 1.41. The predicted molar refractivity (Wildman–Crippen MR) is 162 cm³/mol. The third-order valence-electron chi connectivity index (χ3n) is 7.59. The van der Waals surface area contributed by atoms with E-state index < -0.39 is 14.3 Å². The first-order valence-corrected chi connectivity index (χ1v) is 16.0. The maximum atomic E-state index is 13.3. The molecule has 0 atom stereocenters. The first-order valence-electron chi connectivity index (χ1n) is 13.5. The molecule has 0 aliphatic heterocycles. The second-order valence-electron chi connectivity index (χ2n) is 10.9. The zero-order valence-electron chi connectivity index (χ0n) is 23.8. The summed E-state index contributed by atoms with van der Waals surface area (Å²) in [5, 5.41) is 1.46. The van der Waals surface area contributed by atoms with E-state index in [-0.39, 0.29) is 0 Å². The van der Waals surface area contributed by atoms with Crippen LogP contribution in [0.15, 0.2) is 72.8 Å². The standard InChI is InChI=1S/C32H38ClNO4Si/c1-21(2)39(22(3)4,23(5)6)38-27-17-18-29-28(19-27)31(37-26-11-9-8-10-12-26)30(32(35)36-7)34(29)20-24-13-15-25(33)16-14-24/h8-19,21-23H,20H2,1-7H3. The number of carbonyl (C=O) groups is 1. The Hall–Kier alpha value is -3.22. The first-order chi connectivity index (χ1) is 18.6. The zero-order chi connectivity index (χ0) is 28.3. The van der Waals surface area contributed by atoms with E-state index in [1.807, 2.05) is 77.4 Å². The fraction of sp³-hybridized carbons (Fsp3) is 0.344. The van der Waals surface area contributed by atoms with Gasteiger partial charge in [-0.1, -0.05) is 83.5 Å². The number of aromatic nitrogens is 1. The maximum absolute atomic E-state index is 13.3. The summed E-state index contributed by atoms with van der Waals surface area (Å²) in [7, 11) is -0.811. The summed E-state index contributed by atoms with van der Waals surface area (Å²) in [6.07, 6.45) is 0. The molecule has 206 valence electrons. The van der Waals surface area contributed by atoms with Gasteiger partial charge in [-0.3, -0.25) is 0 Å². The molecule has 3 aromatic carbocycles. The lowest BCUT2D eigenvalue weighted by molar-refractivity contribution is 0.0586. The Morgan fingerprint density at radius 2 is 1.46 bits per heavy atom. The Bertz CT molecular complexity index is 1410. The highest BCUT2D eigenvalue weighted by Crippen LogP contribution is 2.45. The number of nitrogens with zero attached hydrogens (tertiary/aromatic N) is 1. The van der Waals surface area contributed by atoms with Crippen LogP contribution in [0.3, 0.4) is 0 Å². The van der Waals surface area contributed by atoms with Gasteiger partial charge in [-0.15, -0.1) is 0 Å². The molecule has 4 aromatic rings. The van der Waals surface area contributed by atoms with E-state index in [9.17, 15) is 4.79 Å². The van der Waals surface area contributed by atoms with Crippen molar-refractivity contribution < 1.29 is 18.7 Å². The monoisotopic (exact) mass is 563 g/mol. The van der Waals surface area contributed by atoms with Crippen LogP contribution < -0.4 is 9.16 Å². The number of methoxy groups -OCH3 is 1. The van der Waals surface area contributed by atoms with Crippen LogP contribution in [0, 0.1) is 0 Å². The van der Waals surface area contributed by atoms with Gasteiger partial charge in [0.2, 0.25) is 0 Å². The molecule has 39 heavy (non-hydrogen) atoms. The van der Waals surface area contributed by atoms with Gasteiger partial charge < -0.3 is 18.5 Å². The number of esters is 1. The third kappa shape index (κ3) is 5.73. The number of ether oxygens (including phenoxy) is 2. The topological polar surface area (TPSA) is 49.7 Å². The molecule has 0 bridgehead atoms. The van der Waals surface area contributed by atoms with Gasteiger partial charge in [0, 0.05) is 17.0 Å². The number of rotatable bonds is 10. The summed E-state index contributed by atoms with van der Waals surface area (Å²) in [6, 6.07) is 23.2. The molecule has 7 heteroatoms. The molecule has 0 saturated heterocycles. The molecule has 1 heterocycles. The van der Waals surface area contributed by atoms with Gasteiger partial charge in [0.1, 0.15) is 11.5 Å². The molecule has 0 unspecified atom stereocenters. The van der Waals surface area contributed by atoms with Crippen molar-refractivity contribution in [2.24, 2.45) is 0 Å². The van der Waals surface area contributed by atoms with E-state index in [1.54, 1.807) is 0 Å². The second-order valence-corrected chi connectivity index (χ2v) is 16.7. The number of hydrogen-bond donors (Lipinski definition) is 0. The van der Waals surface area contributed by atoms with E-state index in [1.165, 1.54) is 7.11 Å². The number of hydrogen-bond acceptors (Lipinski definition) is 4. The van der Waals surface area contributed by atoms with Crippen LogP contribution in [0.5, 0.6) is 17.2 Å². The highest BCUT2D eigenvalue weighted by molar-refractivity contribution is 6.78. The lowest BCUT2D eigenvalue weighted by Crippen LogP contribution is -2.50. The quantitative estimate of drug-likeness (QED) is 0.142. The van der Waals surface area contributed by atoms with Gasteiger partial charge in [-0.2, -0.15) is 0 Å². The average molecular weight is 564 g/mol. The molecule has 0 saturated carbocycles. The fourth-order valence-electron chi connectivity index (χ4n) is 5.87. The number of para-hydroxylation sites is 1. The van der Waals surface area contributed by atoms with Gasteiger partial charge >= 0.3 is 5.97 Å². The molecule has 1 aromatic heterocycles. The Balaban J connectivity index is 1.94. The average Bonchev–Trinajstić information content (AvgIpc) is 3.20. The molecule has 0 amide bonds. The fourth-order valence-corrected chi connectivity index (χ4v) is 11.2. The number of benzene rings is 3. The highest BCUT2D eigenvalue weighted by atomic mass is 35.5. The van der Waals surface area contributed by atoms with Crippen LogP contribution in [-0.2, 0) is 11.3 Å².